The Morgan fingerprint density at radius 1 is 1.35 bits per heavy atom. The minimum absolute atomic E-state index is 0.0148. The second-order valence-corrected chi connectivity index (χ2v) is 4.48. The van der Waals surface area contributed by atoms with Crippen molar-refractivity contribution < 1.29 is 19.8 Å². The van der Waals surface area contributed by atoms with Crippen molar-refractivity contribution in [2.24, 2.45) is 5.92 Å². The zero-order valence-electron chi connectivity index (χ0n) is 11.0. The van der Waals surface area contributed by atoms with E-state index in [4.69, 9.17) is 10.4 Å². The molecule has 1 aromatic carbocycles. The molecule has 1 aromatic rings. The van der Waals surface area contributed by atoms with E-state index < -0.39 is 29.9 Å². The SMILES string of the molecule is C[C@@H](C#N)C[C@H](NC(=O)[C@@H](O)c1ccccc1)C(=O)O. The first-order valence-electron chi connectivity index (χ1n) is 6.11. The Labute approximate surface area is 116 Å². The van der Waals surface area contributed by atoms with Gasteiger partial charge >= 0.3 is 5.97 Å². The molecule has 0 saturated carbocycles. The third-order valence-corrected chi connectivity index (χ3v) is 2.79. The first kappa shape index (κ1) is 15.7. The van der Waals surface area contributed by atoms with Crippen LogP contribution < -0.4 is 5.32 Å². The van der Waals surface area contributed by atoms with Gasteiger partial charge in [0.15, 0.2) is 6.10 Å². The van der Waals surface area contributed by atoms with Crippen LogP contribution in [0, 0.1) is 17.2 Å². The summed E-state index contributed by atoms with van der Waals surface area (Å²) in [5.41, 5.74) is 0.377. The van der Waals surface area contributed by atoms with Crippen LogP contribution in [0.3, 0.4) is 0 Å². The predicted octanol–water partition coefficient (Wildman–Crippen LogP) is 0.839. The van der Waals surface area contributed by atoms with Crippen LogP contribution in [0.2, 0.25) is 0 Å². The van der Waals surface area contributed by atoms with Crippen molar-refractivity contribution in [3.05, 3.63) is 35.9 Å². The number of hydrogen-bond acceptors (Lipinski definition) is 4. The van der Waals surface area contributed by atoms with Crippen LogP contribution in [0.1, 0.15) is 25.0 Å². The van der Waals surface area contributed by atoms with E-state index in [1.54, 1.807) is 37.3 Å². The maximum Gasteiger partial charge on any atom is 0.326 e. The average Bonchev–Trinajstić information content (AvgIpc) is 2.46. The first-order valence-corrected chi connectivity index (χ1v) is 6.11. The summed E-state index contributed by atoms with van der Waals surface area (Å²) >= 11 is 0. The van der Waals surface area contributed by atoms with Gasteiger partial charge in [0.2, 0.25) is 0 Å². The Morgan fingerprint density at radius 3 is 2.45 bits per heavy atom. The summed E-state index contributed by atoms with van der Waals surface area (Å²) < 4.78 is 0. The number of carbonyl (C=O) groups is 2. The Kier molecular flexibility index (Phi) is 5.69. The molecule has 0 aliphatic carbocycles. The third-order valence-electron chi connectivity index (χ3n) is 2.79. The van der Waals surface area contributed by atoms with Crippen LogP contribution in [-0.2, 0) is 9.59 Å². The summed E-state index contributed by atoms with van der Waals surface area (Å²) in [6.45, 7) is 1.57. The smallest absolute Gasteiger partial charge is 0.326 e. The maximum atomic E-state index is 11.8. The highest BCUT2D eigenvalue weighted by Crippen LogP contribution is 2.13. The highest BCUT2D eigenvalue weighted by atomic mass is 16.4. The number of amides is 1. The normalized spacial score (nSPS) is 14.7. The molecule has 0 aromatic heterocycles. The molecular formula is C14H16N2O4. The molecule has 20 heavy (non-hydrogen) atoms. The van der Waals surface area contributed by atoms with E-state index in [-0.39, 0.29) is 6.42 Å². The number of aliphatic hydroxyl groups is 1. The van der Waals surface area contributed by atoms with Crippen molar-refractivity contribution in [1.29, 1.82) is 5.26 Å². The van der Waals surface area contributed by atoms with E-state index >= 15 is 0 Å². The third kappa shape index (κ3) is 4.37. The number of hydrogen-bond donors (Lipinski definition) is 3. The second kappa shape index (κ2) is 7.26. The van der Waals surface area contributed by atoms with E-state index in [2.05, 4.69) is 5.32 Å². The van der Waals surface area contributed by atoms with Crippen LogP contribution in [0.5, 0.6) is 0 Å². The Hall–Kier alpha value is -2.39. The fourth-order valence-corrected chi connectivity index (χ4v) is 1.67. The summed E-state index contributed by atoms with van der Waals surface area (Å²) in [7, 11) is 0. The summed E-state index contributed by atoms with van der Waals surface area (Å²) in [6.07, 6.45) is -1.45. The summed E-state index contributed by atoms with van der Waals surface area (Å²) in [6, 6.07) is 8.91. The molecule has 0 saturated heterocycles. The number of nitriles is 1. The molecule has 1 amide bonds. The van der Waals surface area contributed by atoms with Crippen LogP contribution in [0.4, 0.5) is 0 Å². The molecule has 6 nitrogen and oxygen atoms in total. The van der Waals surface area contributed by atoms with E-state index in [0.29, 0.717) is 5.56 Å². The van der Waals surface area contributed by atoms with Crippen molar-refractivity contribution in [2.45, 2.75) is 25.5 Å². The zero-order valence-corrected chi connectivity index (χ0v) is 11.0. The van der Waals surface area contributed by atoms with Crippen LogP contribution in [-0.4, -0.2) is 28.1 Å². The fourth-order valence-electron chi connectivity index (χ4n) is 1.67. The number of carbonyl (C=O) groups excluding carboxylic acids is 1. The van der Waals surface area contributed by atoms with Gasteiger partial charge in [0, 0.05) is 5.92 Å². The highest BCUT2D eigenvalue weighted by Gasteiger charge is 2.26. The minimum atomic E-state index is -1.43. The quantitative estimate of drug-likeness (QED) is 0.713. The van der Waals surface area contributed by atoms with Gasteiger partial charge in [0.25, 0.3) is 5.91 Å². The average molecular weight is 276 g/mol. The number of rotatable bonds is 6. The molecule has 3 N–H and O–H groups in total. The number of aliphatic carboxylic acids is 1. The molecule has 1 rings (SSSR count). The molecule has 0 aliphatic rings. The van der Waals surface area contributed by atoms with Gasteiger partial charge in [0.05, 0.1) is 6.07 Å². The van der Waals surface area contributed by atoms with Crippen molar-refractivity contribution in [2.75, 3.05) is 0 Å². The first-order chi connectivity index (χ1) is 9.45. The van der Waals surface area contributed by atoms with Gasteiger partial charge in [-0.25, -0.2) is 4.79 Å². The van der Waals surface area contributed by atoms with Crippen LogP contribution >= 0.6 is 0 Å². The van der Waals surface area contributed by atoms with Gasteiger partial charge in [-0.15, -0.1) is 0 Å². The lowest BCUT2D eigenvalue weighted by atomic mass is 10.0. The van der Waals surface area contributed by atoms with Gasteiger partial charge in [-0.3, -0.25) is 4.79 Å². The molecule has 3 atom stereocenters. The van der Waals surface area contributed by atoms with Crippen molar-refractivity contribution >= 4 is 11.9 Å². The van der Waals surface area contributed by atoms with E-state index in [0.717, 1.165) is 0 Å². The highest BCUT2D eigenvalue weighted by molar-refractivity contribution is 5.86. The van der Waals surface area contributed by atoms with Gasteiger partial charge < -0.3 is 15.5 Å². The monoisotopic (exact) mass is 276 g/mol. The fraction of sp³-hybridized carbons (Fsp3) is 0.357. The minimum Gasteiger partial charge on any atom is -0.480 e. The number of carboxylic acid groups (broad SMARTS) is 1. The molecule has 0 radical (unpaired) electrons. The lowest BCUT2D eigenvalue weighted by Crippen LogP contribution is -2.43. The Morgan fingerprint density at radius 2 is 1.95 bits per heavy atom. The van der Waals surface area contributed by atoms with E-state index in [1.165, 1.54) is 0 Å². The lowest BCUT2D eigenvalue weighted by molar-refractivity contribution is -0.143. The molecule has 0 fully saturated rings. The van der Waals surface area contributed by atoms with Gasteiger partial charge in [-0.2, -0.15) is 5.26 Å². The molecule has 106 valence electrons. The largest absolute Gasteiger partial charge is 0.480 e. The molecule has 0 spiro atoms. The van der Waals surface area contributed by atoms with Gasteiger partial charge in [-0.05, 0) is 18.9 Å². The summed E-state index contributed by atoms with van der Waals surface area (Å²) in [4.78, 5) is 22.9. The van der Waals surface area contributed by atoms with Crippen molar-refractivity contribution in [3.63, 3.8) is 0 Å². The number of aliphatic hydroxyl groups excluding tert-OH is 1. The molecular weight excluding hydrogens is 260 g/mol. The number of nitrogens with one attached hydrogen (secondary N) is 1. The maximum absolute atomic E-state index is 11.8. The van der Waals surface area contributed by atoms with Gasteiger partial charge in [0.1, 0.15) is 6.04 Å². The van der Waals surface area contributed by atoms with E-state index in [1.807, 2.05) is 6.07 Å². The second-order valence-electron chi connectivity index (χ2n) is 4.48. The lowest BCUT2D eigenvalue weighted by Gasteiger charge is -2.18. The van der Waals surface area contributed by atoms with Crippen LogP contribution in [0.25, 0.3) is 0 Å². The summed E-state index contributed by atoms with van der Waals surface area (Å²) in [5.74, 6) is -2.54. The van der Waals surface area contributed by atoms with Crippen molar-refractivity contribution in [1.82, 2.24) is 5.32 Å². The summed E-state index contributed by atoms with van der Waals surface area (Å²) in [5, 5.41) is 29.8. The van der Waals surface area contributed by atoms with Crippen molar-refractivity contribution in [3.8, 4) is 6.07 Å². The molecule has 0 unspecified atom stereocenters. The molecule has 0 heterocycles. The Balaban J connectivity index is 2.72. The predicted molar refractivity (Wildman–Crippen MR) is 70.4 cm³/mol. The molecule has 0 aliphatic heterocycles. The van der Waals surface area contributed by atoms with E-state index in [9.17, 15) is 14.7 Å². The number of nitrogens with zero attached hydrogens (tertiary/aromatic N) is 1. The Bertz CT molecular complexity index is 510. The molecule has 0 bridgehead atoms. The standard InChI is InChI=1S/C14H16N2O4/c1-9(8-15)7-11(14(19)20)16-13(18)12(17)10-5-3-2-4-6-10/h2-6,9,11-12,17H,7H2,1H3,(H,16,18)(H,19,20)/t9-,11+,12+/m1/s1. The van der Waals surface area contributed by atoms with Crippen LogP contribution in [0.15, 0.2) is 30.3 Å². The number of carboxylic acids is 1. The molecule has 6 heteroatoms. The zero-order chi connectivity index (χ0) is 15.1. The number of benzene rings is 1. The topological polar surface area (TPSA) is 110 Å². The van der Waals surface area contributed by atoms with Gasteiger partial charge in [-0.1, -0.05) is 30.3 Å².